The Hall–Kier alpha value is -4.01. The summed E-state index contributed by atoms with van der Waals surface area (Å²) in [5.41, 5.74) is 5.96. The maximum atomic E-state index is 12.8. The molecule has 2 aromatic carbocycles. The van der Waals surface area contributed by atoms with E-state index in [-0.39, 0.29) is 5.91 Å². The summed E-state index contributed by atoms with van der Waals surface area (Å²) in [6.45, 7) is 0. The Bertz CT molecular complexity index is 1460. The molecule has 34 heavy (non-hydrogen) atoms. The highest BCUT2D eigenvalue weighted by molar-refractivity contribution is 6.30. The van der Waals surface area contributed by atoms with E-state index in [2.05, 4.69) is 20.5 Å². The molecule has 3 aromatic heterocycles. The van der Waals surface area contributed by atoms with Crippen molar-refractivity contribution in [2.45, 2.75) is 6.10 Å². The van der Waals surface area contributed by atoms with Crippen LogP contribution in [0.4, 0.5) is 5.69 Å². The number of ether oxygens (including phenoxy) is 1. The SMILES string of the molecule is CO[C@H](C(=O)Nc1ccc(-c2ncnn3cc(-c4cnn(C)c4)cc23)cc1)c1ccc(Cl)cc1. The van der Waals surface area contributed by atoms with Gasteiger partial charge in [-0.2, -0.15) is 10.2 Å². The van der Waals surface area contributed by atoms with Crippen LogP contribution >= 0.6 is 11.6 Å². The lowest BCUT2D eigenvalue weighted by atomic mass is 10.1. The van der Waals surface area contributed by atoms with E-state index in [1.54, 1.807) is 33.5 Å². The molecule has 0 spiro atoms. The molecular weight excluding hydrogens is 452 g/mol. The third-order valence-electron chi connectivity index (χ3n) is 5.52. The van der Waals surface area contributed by atoms with Gasteiger partial charge in [0, 0.05) is 54.0 Å². The number of aryl methyl sites for hydroxylation is 1. The average molecular weight is 473 g/mol. The molecule has 5 aromatic rings. The van der Waals surface area contributed by atoms with Gasteiger partial charge in [0.25, 0.3) is 5.91 Å². The number of hydrogen-bond acceptors (Lipinski definition) is 5. The minimum Gasteiger partial charge on any atom is -0.367 e. The number of nitrogens with one attached hydrogen (secondary N) is 1. The van der Waals surface area contributed by atoms with Gasteiger partial charge in [0.1, 0.15) is 6.33 Å². The van der Waals surface area contributed by atoms with E-state index in [4.69, 9.17) is 16.3 Å². The number of rotatable bonds is 6. The van der Waals surface area contributed by atoms with Gasteiger partial charge in [-0.25, -0.2) is 9.50 Å². The van der Waals surface area contributed by atoms with E-state index in [0.29, 0.717) is 10.7 Å². The lowest BCUT2D eigenvalue weighted by Crippen LogP contribution is -2.22. The normalized spacial score (nSPS) is 12.1. The summed E-state index contributed by atoms with van der Waals surface area (Å²) in [5, 5.41) is 12.1. The number of carbonyl (C=O) groups is 1. The second-order valence-corrected chi connectivity index (χ2v) is 8.24. The van der Waals surface area contributed by atoms with Crippen LogP contribution in [0.2, 0.25) is 5.02 Å². The van der Waals surface area contributed by atoms with E-state index in [1.807, 2.05) is 56.0 Å². The molecule has 0 fully saturated rings. The summed E-state index contributed by atoms with van der Waals surface area (Å²) in [7, 11) is 3.38. The van der Waals surface area contributed by atoms with Crippen LogP contribution < -0.4 is 5.32 Å². The fraction of sp³-hybridized carbons (Fsp3) is 0.120. The van der Waals surface area contributed by atoms with Crippen molar-refractivity contribution in [2.24, 2.45) is 7.05 Å². The largest absolute Gasteiger partial charge is 0.367 e. The monoisotopic (exact) mass is 472 g/mol. The molecule has 5 rings (SSSR count). The highest BCUT2D eigenvalue weighted by Crippen LogP contribution is 2.29. The summed E-state index contributed by atoms with van der Waals surface area (Å²) < 4.78 is 8.97. The second kappa shape index (κ2) is 9.09. The standard InChI is InChI=1S/C25H21ClN6O2/c1-31-13-19(12-28-31)18-11-22-23(27-15-29-32(22)14-18)16-5-9-21(10-6-16)30-25(33)24(34-2)17-3-7-20(26)8-4-17/h3-15,24H,1-2H3,(H,30,33)/t24-/m0/s1. The third-order valence-corrected chi connectivity index (χ3v) is 5.77. The highest BCUT2D eigenvalue weighted by Gasteiger charge is 2.20. The van der Waals surface area contributed by atoms with Gasteiger partial charge >= 0.3 is 0 Å². The molecule has 1 atom stereocenters. The fourth-order valence-corrected chi connectivity index (χ4v) is 3.96. The topological polar surface area (TPSA) is 86.3 Å². The summed E-state index contributed by atoms with van der Waals surface area (Å²) in [6, 6.07) is 16.6. The molecule has 8 nitrogen and oxygen atoms in total. The van der Waals surface area contributed by atoms with Crippen LogP contribution in [0.5, 0.6) is 0 Å². The molecule has 170 valence electrons. The molecule has 0 saturated heterocycles. The maximum absolute atomic E-state index is 12.8. The lowest BCUT2D eigenvalue weighted by Gasteiger charge is -2.16. The lowest BCUT2D eigenvalue weighted by molar-refractivity contribution is -0.126. The van der Waals surface area contributed by atoms with E-state index < -0.39 is 6.10 Å². The Labute approximate surface area is 200 Å². The van der Waals surface area contributed by atoms with Gasteiger partial charge in [0.15, 0.2) is 6.10 Å². The quantitative estimate of drug-likeness (QED) is 0.384. The first-order valence-electron chi connectivity index (χ1n) is 10.5. The molecule has 0 bridgehead atoms. The van der Waals surface area contributed by atoms with Gasteiger partial charge < -0.3 is 10.1 Å². The van der Waals surface area contributed by atoms with Crippen LogP contribution in [0.15, 0.2) is 79.5 Å². The number of anilines is 1. The van der Waals surface area contributed by atoms with Crippen molar-refractivity contribution in [3.05, 3.63) is 90.1 Å². The molecule has 1 amide bonds. The van der Waals surface area contributed by atoms with Gasteiger partial charge in [0.05, 0.1) is 17.4 Å². The Morgan fingerprint density at radius 2 is 1.76 bits per heavy atom. The van der Waals surface area contributed by atoms with Gasteiger partial charge in [0.2, 0.25) is 0 Å². The zero-order valence-corrected chi connectivity index (χ0v) is 19.3. The van der Waals surface area contributed by atoms with Crippen molar-refractivity contribution in [1.29, 1.82) is 0 Å². The van der Waals surface area contributed by atoms with Gasteiger partial charge in [-0.15, -0.1) is 0 Å². The molecule has 3 heterocycles. The molecule has 0 aliphatic carbocycles. The number of fused-ring (bicyclic) bond motifs is 1. The van der Waals surface area contributed by atoms with Crippen LogP contribution in [0.1, 0.15) is 11.7 Å². The van der Waals surface area contributed by atoms with Crippen molar-refractivity contribution >= 4 is 28.7 Å². The number of benzene rings is 2. The van der Waals surface area contributed by atoms with E-state index in [9.17, 15) is 4.79 Å². The molecule has 0 radical (unpaired) electrons. The number of nitrogens with zero attached hydrogens (tertiary/aromatic N) is 5. The predicted octanol–water partition coefficient (Wildman–Crippen LogP) is 4.78. The number of hydrogen-bond donors (Lipinski definition) is 1. The molecular formula is C25H21ClN6O2. The van der Waals surface area contributed by atoms with Crippen LogP contribution in [-0.2, 0) is 16.6 Å². The minimum atomic E-state index is -0.745. The van der Waals surface area contributed by atoms with Crippen molar-refractivity contribution in [2.75, 3.05) is 12.4 Å². The van der Waals surface area contributed by atoms with Crippen LogP contribution in [0.25, 0.3) is 27.9 Å². The van der Waals surface area contributed by atoms with Crippen LogP contribution in [-0.4, -0.2) is 37.4 Å². The molecule has 9 heteroatoms. The Morgan fingerprint density at radius 1 is 1.00 bits per heavy atom. The third kappa shape index (κ3) is 4.28. The first kappa shape index (κ1) is 21.8. The van der Waals surface area contributed by atoms with Gasteiger partial charge in [-0.3, -0.25) is 9.48 Å². The first-order valence-corrected chi connectivity index (χ1v) is 10.9. The van der Waals surface area contributed by atoms with Crippen molar-refractivity contribution < 1.29 is 9.53 Å². The smallest absolute Gasteiger partial charge is 0.258 e. The van der Waals surface area contributed by atoms with E-state index in [1.165, 1.54) is 13.4 Å². The van der Waals surface area contributed by atoms with Crippen LogP contribution in [0, 0.1) is 0 Å². The zero-order valence-electron chi connectivity index (χ0n) is 18.5. The number of methoxy groups -OCH3 is 1. The summed E-state index contributed by atoms with van der Waals surface area (Å²) in [4.78, 5) is 17.3. The molecule has 1 N–H and O–H groups in total. The number of carbonyl (C=O) groups excluding carboxylic acids is 1. The maximum Gasteiger partial charge on any atom is 0.258 e. The van der Waals surface area contributed by atoms with Gasteiger partial charge in [-0.05, 0) is 35.9 Å². The van der Waals surface area contributed by atoms with E-state index in [0.717, 1.165) is 33.5 Å². The highest BCUT2D eigenvalue weighted by atomic mass is 35.5. The number of halogens is 1. The Balaban J connectivity index is 1.38. The zero-order chi connectivity index (χ0) is 23.7. The predicted molar refractivity (Wildman–Crippen MR) is 130 cm³/mol. The fourth-order valence-electron chi connectivity index (χ4n) is 3.83. The van der Waals surface area contributed by atoms with Crippen LogP contribution in [0.3, 0.4) is 0 Å². The second-order valence-electron chi connectivity index (χ2n) is 7.80. The molecule has 0 unspecified atom stereocenters. The van der Waals surface area contributed by atoms with Crippen molar-refractivity contribution in [1.82, 2.24) is 24.4 Å². The summed E-state index contributed by atoms with van der Waals surface area (Å²) in [5.74, 6) is -0.269. The van der Waals surface area contributed by atoms with E-state index >= 15 is 0 Å². The van der Waals surface area contributed by atoms with Crippen molar-refractivity contribution in [3.8, 4) is 22.4 Å². The minimum absolute atomic E-state index is 0.269. The van der Waals surface area contributed by atoms with Crippen molar-refractivity contribution in [3.63, 3.8) is 0 Å². The number of aromatic nitrogens is 5. The Kier molecular flexibility index (Phi) is 5.83. The summed E-state index contributed by atoms with van der Waals surface area (Å²) in [6.07, 6.45) is 6.51. The number of amides is 1. The Morgan fingerprint density at radius 3 is 2.44 bits per heavy atom. The molecule has 0 aliphatic heterocycles. The molecule has 0 saturated carbocycles. The first-order chi connectivity index (χ1) is 16.5. The summed E-state index contributed by atoms with van der Waals surface area (Å²) >= 11 is 5.95. The van der Waals surface area contributed by atoms with Gasteiger partial charge in [-0.1, -0.05) is 35.9 Å². The molecule has 0 aliphatic rings. The average Bonchev–Trinajstić information content (AvgIpc) is 3.47.